The number of ether oxygens (including phenoxy) is 2. The van der Waals surface area contributed by atoms with E-state index in [1.54, 1.807) is 25.2 Å². The predicted octanol–water partition coefficient (Wildman–Crippen LogP) is 4.06. The Kier molecular flexibility index (Phi) is 5.75. The van der Waals surface area contributed by atoms with E-state index in [9.17, 15) is 9.59 Å². The zero-order chi connectivity index (χ0) is 27.3. The van der Waals surface area contributed by atoms with Crippen LogP contribution in [-0.2, 0) is 21.5 Å². The SMILES string of the molecule is COc1cc(CNC(=O)CN2C(=O)C(C)(C)c3cc4nc(-c5n[nH]c6ccccc56)[nH]c4cc32)cc(OC)c1. The van der Waals surface area contributed by atoms with Gasteiger partial charge in [-0.05, 0) is 55.3 Å². The van der Waals surface area contributed by atoms with E-state index in [2.05, 4.69) is 20.5 Å². The summed E-state index contributed by atoms with van der Waals surface area (Å²) >= 11 is 0. The highest BCUT2D eigenvalue weighted by atomic mass is 16.5. The van der Waals surface area contributed by atoms with Crippen molar-refractivity contribution in [2.24, 2.45) is 0 Å². The van der Waals surface area contributed by atoms with Crippen LogP contribution in [0.15, 0.2) is 54.6 Å². The summed E-state index contributed by atoms with van der Waals surface area (Å²) in [6.45, 7) is 3.91. The summed E-state index contributed by atoms with van der Waals surface area (Å²) in [4.78, 5) is 36.1. The maximum absolute atomic E-state index is 13.4. The number of methoxy groups -OCH3 is 2. The first-order chi connectivity index (χ1) is 18.8. The molecule has 2 aromatic heterocycles. The molecule has 3 heterocycles. The van der Waals surface area contributed by atoms with Crippen molar-refractivity contribution in [3.63, 3.8) is 0 Å². The Morgan fingerprint density at radius 1 is 1.03 bits per heavy atom. The van der Waals surface area contributed by atoms with Crippen molar-refractivity contribution in [1.29, 1.82) is 0 Å². The molecule has 2 amide bonds. The number of rotatable bonds is 7. The number of H-pyrrole nitrogens is 2. The highest BCUT2D eigenvalue weighted by Gasteiger charge is 2.45. The van der Waals surface area contributed by atoms with Crippen molar-refractivity contribution in [2.75, 3.05) is 25.7 Å². The van der Waals surface area contributed by atoms with Crippen molar-refractivity contribution >= 4 is 39.4 Å². The molecule has 0 fully saturated rings. The minimum atomic E-state index is -0.803. The fourth-order valence-corrected chi connectivity index (χ4v) is 5.11. The Hall–Kier alpha value is -4.86. The molecule has 0 spiro atoms. The van der Waals surface area contributed by atoms with Crippen LogP contribution in [0.5, 0.6) is 11.5 Å². The number of nitrogens with zero attached hydrogens (tertiary/aromatic N) is 3. The third-order valence-corrected chi connectivity index (χ3v) is 7.24. The van der Waals surface area contributed by atoms with E-state index in [-0.39, 0.29) is 24.9 Å². The fourth-order valence-electron chi connectivity index (χ4n) is 5.11. The number of imidazole rings is 1. The van der Waals surface area contributed by atoms with Gasteiger partial charge in [-0.2, -0.15) is 5.10 Å². The van der Waals surface area contributed by atoms with Crippen molar-refractivity contribution in [1.82, 2.24) is 25.5 Å². The molecule has 5 aromatic rings. The molecule has 0 bridgehead atoms. The van der Waals surface area contributed by atoms with Gasteiger partial charge in [0.05, 0.1) is 41.9 Å². The molecule has 0 saturated heterocycles. The van der Waals surface area contributed by atoms with Crippen LogP contribution in [0.25, 0.3) is 33.5 Å². The summed E-state index contributed by atoms with van der Waals surface area (Å²) in [5.41, 5.74) is 4.68. The largest absolute Gasteiger partial charge is 0.497 e. The number of para-hydroxylation sites is 1. The number of aromatic amines is 2. The Bertz CT molecular complexity index is 1730. The molecule has 1 aliphatic heterocycles. The van der Waals surface area contributed by atoms with Gasteiger partial charge in [-0.15, -0.1) is 0 Å². The summed E-state index contributed by atoms with van der Waals surface area (Å²) in [5.74, 6) is 1.49. The van der Waals surface area contributed by atoms with E-state index in [1.807, 2.05) is 62.4 Å². The van der Waals surface area contributed by atoms with Crippen LogP contribution in [-0.4, -0.2) is 52.7 Å². The van der Waals surface area contributed by atoms with Crippen LogP contribution in [0.2, 0.25) is 0 Å². The van der Waals surface area contributed by atoms with Gasteiger partial charge in [0.2, 0.25) is 11.8 Å². The summed E-state index contributed by atoms with van der Waals surface area (Å²) in [6, 6.07) is 17.1. The Balaban J connectivity index is 1.27. The van der Waals surface area contributed by atoms with E-state index in [4.69, 9.17) is 14.5 Å². The number of aromatic nitrogens is 4. The number of carbonyl (C=O) groups excluding carboxylic acids is 2. The van der Waals surface area contributed by atoms with Gasteiger partial charge in [-0.3, -0.25) is 14.7 Å². The second-order valence-electron chi connectivity index (χ2n) is 10.1. The number of fused-ring (bicyclic) bond motifs is 3. The summed E-state index contributed by atoms with van der Waals surface area (Å²) in [5, 5.41) is 11.4. The third-order valence-electron chi connectivity index (χ3n) is 7.24. The molecule has 3 N–H and O–H groups in total. The molecular weight excluding hydrogens is 496 g/mol. The number of hydrogen-bond acceptors (Lipinski definition) is 6. The number of hydrogen-bond donors (Lipinski definition) is 3. The van der Waals surface area contributed by atoms with Crippen molar-refractivity contribution in [3.8, 4) is 23.0 Å². The lowest BCUT2D eigenvalue weighted by Crippen LogP contribution is -2.42. The van der Waals surface area contributed by atoms with E-state index in [0.717, 1.165) is 38.8 Å². The Morgan fingerprint density at radius 2 is 1.77 bits per heavy atom. The highest BCUT2D eigenvalue weighted by molar-refractivity contribution is 6.12. The van der Waals surface area contributed by atoms with Crippen LogP contribution >= 0.6 is 0 Å². The second kappa shape index (κ2) is 9.16. The van der Waals surface area contributed by atoms with Gasteiger partial charge in [0.15, 0.2) is 5.82 Å². The Morgan fingerprint density at radius 3 is 2.51 bits per heavy atom. The zero-order valence-corrected chi connectivity index (χ0v) is 22.1. The topological polar surface area (TPSA) is 125 Å². The second-order valence-corrected chi connectivity index (χ2v) is 10.1. The molecule has 10 nitrogen and oxygen atoms in total. The molecule has 39 heavy (non-hydrogen) atoms. The fraction of sp³-hybridized carbons (Fsp3) is 0.241. The van der Waals surface area contributed by atoms with Crippen LogP contribution in [0, 0.1) is 0 Å². The molecule has 3 aromatic carbocycles. The molecule has 0 saturated carbocycles. The molecule has 0 radical (unpaired) electrons. The van der Waals surface area contributed by atoms with Gasteiger partial charge >= 0.3 is 0 Å². The number of amides is 2. The maximum atomic E-state index is 13.4. The van der Waals surface area contributed by atoms with Crippen molar-refractivity contribution in [2.45, 2.75) is 25.8 Å². The summed E-state index contributed by atoms with van der Waals surface area (Å²) < 4.78 is 10.6. The number of anilines is 1. The highest BCUT2D eigenvalue weighted by Crippen LogP contribution is 2.43. The van der Waals surface area contributed by atoms with Crippen LogP contribution in [0.3, 0.4) is 0 Å². The van der Waals surface area contributed by atoms with Gasteiger partial charge in [0.1, 0.15) is 23.7 Å². The summed E-state index contributed by atoms with van der Waals surface area (Å²) in [6.07, 6.45) is 0. The zero-order valence-electron chi connectivity index (χ0n) is 22.1. The minimum Gasteiger partial charge on any atom is -0.497 e. The van der Waals surface area contributed by atoms with Crippen LogP contribution in [0.1, 0.15) is 25.0 Å². The van der Waals surface area contributed by atoms with E-state index < -0.39 is 5.41 Å². The maximum Gasteiger partial charge on any atom is 0.240 e. The lowest BCUT2D eigenvalue weighted by molar-refractivity contribution is -0.125. The quantitative estimate of drug-likeness (QED) is 0.295. The molecule has 0 unspecified atom stereocenters. The minimum absolute atomic E-state index is 0.104. The van der Waals surface area contributed by atoms with Crippen molar-refractivity contribution < 1.29 is 19.1 Å². The van der Waals surface area contributed by atoms with Crippen LogP contribution < -0.4 is 19.7 Å². The first-order valence-electron chi connectivity index (χ1n) is 12.6. The third kappa shape index (κ3) is 4.14. The molecule has 0 aliphatic carbocycles. The molecule has 198 valence electrons. The van der Waals surface area contributed by atoms with E-state index >= 15 is 0 Å². The summed E-state index contributed by atoms with van der Waals surface area (Å²) in [7, 11) is 3.15. The Labute approximate surface area is 224 Å². The molecule has 0 atom stereocenters. The van der Waals surface area contributed by atoms with Gasteiger partial charge in [-0.25, -0.2) is 4.98 Å². The van der Waals surface area contributed by atoms with Crippen LogP contribution in [0.4, 0.5) is 5.69 Å². The monoisotopic (exact) mass is 524 g/mol. The van der Waals surface area contributed by atoms with E-state index in [1.165, 1.54) is 0 Å². The van der Waals surface area contributed by atoms with Gasteiger partial charge in [0, 0.05) is 18.0 Å². The number of nitrogens with one attached hydrogen (secondary N) is 3. The van der Waals surface area contributed by atoms with Gasteiger partial charge < -0.3 is 24.7 Å². The first kappa shape index (κ1) is 24.5. The smallest absolute Gasteiger partial charge is 0.240 e. The first-order valence-corrected chi connectivity index (χ1v) is 12.6. The lowest BCUT2D eigenvalue weighted by Gasteiger charge is -2.20. The number of carbonyl (C=O) groups is 2. The molecule has 6 rings (SSSR count). The normalized spacial score (nSPS) is 14.2. The van der Waals surface area contributed by atoms with Gasteiger partial charge in [-0.1, -0.05) is 18.2 Å². The molecule has 10 heteroatoms. The lowest BCUT2D eigenvalue weighted by atomic mass is 9.86. The van der Waals surface area contributed by atoms with Gasteiger partial charge in [0.25, 0.3) is 0 Å². The van der Waals surface area contributed by atoms with E-state index in [0.29, 0.717) is 23.0 Å². The average Bonchev–Trinajstić information content (AvgIpc) is 3.61. The predicted molar refractivity (Wildman–Crippen MR) is 148 cm³/mol. The number of benzene rings is 3. The molecule has 1 aliphatic rings. The van der Waals surface area contributed by atoms with Crippen molar-refractivity contribution in [3.05, 3.63) is 65.7 Å². The average molecular weight is 525 g/mol. The molecular formula is C29H28N6O4. The standard InChI is InChI=1S/C29H28N6O4/c1-29(2)20-12-22-23(32-27(31-22)26-19-7-5-6-8-21(19)33-34-26)13-24(20)35(28(29)37)15-25(36)30-14-16-9-17(38-3)11-18(10-16)39-4/h5-13H,14-15H2,1-4H3,(H,30,36)(H,31,32)(H,33,34).